The molecule has 0 bridgehead atoms. The molecule has 24 heavy (non-hydrogen) atoms. The second-order valence-electron chi connectivity index (χ2n) is 7.21. The molecular formula is C23H30Si. The van der Waals surface area contributed by atoms with Crippen LogP contribution in [0.15, 0.2) is 60.3 Å². The van der Waals surface area contributed by atoms with Crippen molar-refractivity contribution >= 4 is 8.80 Å². The van der Waals surface area contributed by atoms with Gasteiger partial charge in [-0.15, -0.1) is 5.70 Å². The molecule has 0 N–H and O–H groups in total. The summed E-state index contributed by atoms with van der Waals surface area (Å²) in [7, 11) is -0.539. The minimum Gasteiger partial charge on any atom is -0.102 e. The first-order chi connectivity index (χ1) is 11.8. The van der Waals surface area contributed by atoms with E-state index in [0.717, 1.165) is 5.92 Å². The van der Waals surface area contributed by atoms with Crippen molar-refractivity contribution < 1.29 is 0 Å². The van der Waals surface area contributed by atoms with Gasteiger partial charge < -0.3 is 0 Å². The van der Waals surface area contributed by atoms with Gasteiger partial charge in [0.05, 0.1) is 8.80 Å². The smallest absolute Gasteiger partial charge is 0.0611 e. The summed E-state index contributed by atoms with van der Waals surface area (Å²) in [6.45, 7) is 4.41. The van der Waals surface area contributed by atoms with Crippen LogP contribution in [0.2, 0.25) is 12.1 Å². The standard InChI is InChI=1S/C23H30Si/c1-3-5-19-6-8-20(9-7-19)21-10-12-22(13-11-21)23-14-17-24(16-4-2)18-15-23/h4,6-13,16,23-24H,3,5,14-15,17-18H2,1-2H3/t23-,24-. The van der Waals surface area contributed by atoms with Crippen molar-refractivity contribution in [3.05, 3.63) is 71.4 Å². The molecule has 3 rings (SSSR count). The molecule has 0 atom stereocenters. The zero-order chi connectivity index (χ0) is 16.8. The predicted molar refractivity (Wildman–Crippen MR) is 109 cm³/mol. The fourth-order valence-corrected chi connectivity index (χ4v) is 6.90. The molecule has 0 nitrogen and oxygen atoms in total. The molecule has 2 aromatic rings. The normalized spacial score (nSPS) is 21.2. The van der Waals surface area contributed by atoms with Gasteiger partial charge in [-0.1, -0.05) is 80.0 Å². The van der Waals surface area contributed by atoms with Gasteiger partial charge in [0.1, 0.15) is 0 Å². The summed E-state index contributed by atoms with van der Waals surface area (Å²) >= 11 is 0. The summed E-state index contributed by atoms with van der Waals surface area (Å²) < 4.78 is 0. The lowest BCUT2D eigenvalue weighted by atomic mass is 9.91. The fourth-order valence-electron chi connectivity index (χ4n) is 4.02. The van der Waals surface area contributed by atoms with E-state index in [-0.39, 0.29) is 0 Å². The third-order valence-corrected chi connectivity index (χ3v) is 8.52. The highest BCUT2D eigenvalue weighted by atomic mass is 28.3. The van der Waals surface area contributed by atoms with E-state index in [2.05, 4.69) is 74.2 Å². The van der Waals surface area contributed by atoms with Crippen LogP contribution in [0.25, 0.3) is 11.1 Å². The minimum absolute atomic E-state index is 0.539. The molecule has 0 amide bonds. The van der Waals surface area contributed by atoms with Crippen LogP contribution >= 0.6 is 0 Å². The zero-order valence-corrected chi connectivity index (χ0v) is 16.3. The summed E-state index contributed by atoms with van der Waals surface area (Å²) in [6.07, 6.45) is 7.46. The Hall–Kier alpha value is -1.60. The Morgan fingerprint density at radius 1 is 0.917 bits per heavy atom. The van der Waals surface area contributed by atoms with Gasteiger partial charge in [0.15, 0.2) is 0 Å². The monoisotopic (exact) mass is 334 g/mol. The Kier molecular flexibility index (Phi) is 6.09. The van der Waals surface area contributed by atoms with Gasteiger partial charge in [-0.05, 0) is 54.4 Å². The Morgan fingerprint density at radius 3 is 2.04 bits per heavy atom. The molecule has 1 aliphatic heterocycles. The van der Waals surface area contributed by atoms with Crippen LogP contribution < -0.4 is 0 Å². The van der Waals surface area contributed by atoms with Crippen LogP contribution in [0.3, 0.4) is 0 Å². The topological polar surface area (TPSA) is 0 Å². The Labute approximate surface area is 149 Å². The van der Waals surface area contributed by atoms with Crippen molar-refractivity contribution in [2.24, 2.45) is 0 Å². The summed E-state index contributed by atoms with van der Waals surface area (Å²) in [6, 6.07) is 21.4. The quantitative estimate of drug-likeness (QED) is 0.546. The van der Waals surface area contributed by atoms with Crippen molar-refractivity contribution in [2.45, 2.75) is 57.5 Å². The molecule has 0 spiro atoms. The number of hydrogen-bond acceptors (Lipinski definition) is 0. The van der Waals surface area contributed by atoms with E-state index in [4.69, 9.17) is 0 Å². The van der Waals surface area contributed by atoms with Gasteiger partial charge in [0, 0.05) is 0 Å². The van der Waals surface area contributed by atoms with Crippen molar-refractivity contribution in [3.8, 4) is 11.1 Å². The largest absolute Gasteiger partial charge is 0.102 e. The molecule has 1 fully saturated rings. The van der Waals surface area contributed by atoms with Crippen LogP contribution in [-0.4, -0.2) is 8.80 Å². The highest BCUT2D eigenvalue weighted by Crippen LogP contribution is 2.34. The lowest BCUT2D eigenvalue weighted by molar-refractivity contribution is 0.611. The van der Waals surface area contributed by atoms with E-state index >= 15 is 0 Å². The molecule has 2 aromatic carbocycles. The molecule has 0 aromatic heterocycles. The van der Waals surface area contributed by atoms with E-state index in [1.807, 2.05) is 0 Å². The second-order valence-corrected chi connectivity index (χ2v) is 10.3. The first kappa shape index (κ1) is 17.2. The SMILES string of the molecule is CC=C[Si@H]1CC[C@H](c2ccc(-c3ccc(CCC)cc3)cc2)CC1. The number of benzene rings is 2. The maximum Gasteiger partial charge on any atom is 0.0611 e. The third kappa shape index (κ3) is 4.27. The van der Waals surface area contributed by atoms with Crippen LogP contribution in [0.1, 0.15) is 50.2 Å². The van der Waals surface area contributed by atoms with E-state index in [1.54, 1.807) is 5.56 Å². The van der Waals surface area contributed by atoms with Crippen LogP contribution in [0, 0.1) is 0 Å². The van der Waals surface area contributed by atoms with Gasteiger partial charge in [-0.3, -0.25) is 0 Å². The number of aryl methyl sites for hydroxylation is 1. The number of rotatable bonds is 5. The summed E-state index contributed by atoms with van der Waals surface area (Å²) in [5.41, 5.74) is 8.21. The van der Waals surface area contributed by atoms with Crippen LogP contribution in [0.4, 0.5) is 0 Å². The molecule has 0 saturated carbocycles. The van der Waals surface area contributed by atoms with E-state index in [9.17, 15) is 0 Å². The maximum atomic E-state index is 2.53. The third-order valence-electron chi connectivity index (χ3n) is 5.44. The summed E-state index contributed by atoms with van der Waals surface area (Å²) in [4.78, 5) is 0. The molecule has 126 valence electrons. The van der Waals surface area contributed by atoms with Gasteiger partial charge in [-0.2, -0.15) is 0 Å². The van der Waals surface area contributed by atoms with Crippen molar-refractivity contribution in [3.63, 3.8) is 0 Å². The number of hydrogen-bond donors (Lipinski definition) is 0. The van der Waals surface area contributed by atoms with Gasteiger partial charge in [0.25, 0.3) is 0 Å². The lowest BCUT2D eigenvalue weighted by Gasteiger charge is -2.26. The molecule has 1 heterocycles. The fraction of sp³-hybridized carbons (Fsp3) is 0.391. The number of allylic oxidation sites excluding steroid dienone is 1. The van der Waals surface area contributed by atoms with E-state index in [0.29, 0.717) is 0 Å². The van der Waals surface area contributed by atoms with E-state index in [1.165, 1.54) is 54.5 Å². The van der Waals surface area contributed by atoms with E-state index < -0.39 is 8.80 Å². The second kappa shape index (κ2) is 8.48. The summed E-state index contributed by atoms with van der Waals surface area (Å²) in [5, 5.41) is 0. The first-order valence-electron chi connectivity index (χ1n) is 9.62. The van der Waals surface area contributed by atoms with Crippen LogP contribution in [0.5, 0.6) is 0 Å². The Morgan fingerprint density at radius 2 is 1.50 bits per heavy atom. The van der Waals surface area contributed by atoms with Crippen molar-refractivity contribution in [2.75, 3.05) is 0 Å². The first-order valence-corrected chi connectivity index (χ1v) is 11.9. The maximum absolute atomic E-state index is 2.53. The van der Waals surface area contributed by atoms with Gasteiger partial charge in [-0.25, -0.2) is 0 Å². The minimum atomic E-state index is -0.539. The Balaban J connectivity index is 1.65. The molecular weight excluding hydrogens is 304 g/mol. The molecule has 1 aliphatic rings. The van der Waals surface area contributed by atoms with Crippen molar-refractivity contribution in [1.29, 1.82) is 0 Å². The summed E-state index contributed by atoms with van der Waals surface area (Å²) in [5.74, 6) is 0.792. The molecule has 0 unspecified atom stereocenters. The highest BCUT2D eigenvalue weighted by Gasteiger charge is 2.21. The van der Waals surface area contributed by atoms with Crippen molar-refractivity contribution in [1.82, 2.24) is 0 Å². The predicted octanol–water partition coefficient (Wildman–Crippen LogP) is 6.53. The molecule has 1 heteroatoms. The molecule has 0 radical (unpaired) electrons. The molecule has 0 aliphatic carbocycles. The highest BCUT2D eigenvalue weighted by molar-refractivity contribution is 6.64. The lowest BCUT2D eigenvalue weighted by Crippen LogP contribution is -2.18. The average Bonchev–Trinajstić information content (AvgIpc) is 2.64. The Bertz CT molecular complexity index is 643. The van der Waals surface area contributed by atoms with Gasteiger partial charge >= 0.3 is 0 Å². The van der Waals surface area contributed by atoms with Gasteiger partial charge in [0.2, 0.25) is 0 Å². The average molecular weight is 335 g/mol. The molecule has 1 saturated heterocycles. The van der Waals surface area contributed by atoms with Crippen LogP contribution in [-0.2, 0) is 6.42 Å². The zero-order valence-electron chi connectivity index (χ0n) is 15.2.